The zero-order chi connectivity index (χ0) is 14.4. The van der Waals surface area contributed by atoms with E-state index in [1.807, 2.05) is 0 Å². The Bertz CT molecular complexity index is 238. The predicted molar refractivity (Wildman–Crippen MR) is 86.6 cm³/mol. The first-order chi connectivity index (χ1) is 8.12. The Kier molecular flexibility index (Phi) is 8.42. The van der Waals surface area contributed by atoms with E-state index >= 15 is 0 Å². The fourth-order valence-corrected chi connectivity index (χ4v) is 12.7. The molecule has 2 unspecified atom stereocenters. The molecule has 0 aromatic carbocycles. The minimum absolute atomic E-state index is 0.0838. The predicted octanol–water partition coefficient (Wildman–Crippen LogP) is 1.78. The van der Waals surface area contributed by atoms with Crippen LogP contribution in [0.5, 0.6) is 0 Å². The highest BCUT2D eigenvalue weighted by atomic mass is 28.5. The number of rotatable bonds is 9. The summed E-state index contributed by atoms with van der Waals surface area (Å²) in [7, 11) is -5.56. The zero-order valence-corrected chi connectivity index (χ0v) is 17.9. The highest BCUT2D eigenvalue weighted by Crippen LogP contribution is 2.16. The van der Waals surface area contributed by atoms with Gasteiger partial charge in [0.25, 0.3) is 9.28 Å². The van der Waals surface area contributed by atoms with E-state index in [-0.39, 0.29) is 5.60 Å². The zero-order valence-electron chi connectivity index (χ0n) is 13.2. The third-order valence-corrected chi connectivity index (χ3v) is 14.2. The molecule has 0 aromatic heterocycles. The Hall–Kier alpha value is 0.708. The van der Waals surface area contributed by atoms with Crippen LogP contribution in [0.2, 0.25) is 32.7 Å². The van der Waals surface area contributed by atoms with Crippen LogP contribution in [0.3, 0.4) is 0 Å². The lowest BCUT2D eigenvalue weighted by Crippen LogP contribution is -2.45. The van der Waals surface area contributed by atoms with E-state index in [4.69, 9.17) is 16.8 Å². The van der Waals surface area contributed by atoms with E-state index in [1.165, 1.54) is 0 Å². The third-order valence-electron chi connectivity index (χ3n) is 2.66. The fraction of sp³-hybridized carbons (Fsp3) is 1.00. The van der Waals surface area contributed by atoms with Crippen molar-refractivity contribution < 1.29 is 16.8 Å². The smallest absolute Gasteiger partial charge is 0.312 e. The third kappa shape index (κ3) is 8.75. The number of hydrogen-bond acceptors (Lipinski definition) is 4. The van der Waals surface area contributed by atoms with Crippen LogP contribution in [0.4, 0.5) is 0 Å². The largest absolute Gasteiger partial charge is 0.442 e. The van der Waals surface area contributed by atoms with Crippen molar-refractivity contribution >= 4 is 36.9 Å². The van der Waals surface area contributed by atoms with Crippen molar-refractivity contribution in [3.05, 3.63) is 0 Å². The van der Waals surface area contributed by atoms with Gasteiger partial charge in [-0.05, 0) is 46.5 Å². The van der Waals surface area contributed by atoms with Gasteiger partial charge in [-0.2, -0.15) is 0 Å². The Labute approximate surface area is 119 Å². The summed E-state index contributed by atoms with van der Waals surface area (Å²) in [6, 6.07) is 0. The van der Waals surface area contributed by atoms with Crippen molar-refractivity contribution in [1.29, 1.82) is 0 Å². The minimum atomic E-state index is -1.94. The summed E-state index contributed by atoms with van der Waals surface area (Å²) in [5.41, 5.74) is -0.0838. The van der Waals surface area contributed by atoms with E-state index < -0.39 is 36.9 Å². The molecule has 0 aliphatic rings. The minimum Gasteiger partial charge on any atom is -0.442 e. The maximum absolute atomic E-state index is 6.02. The van der Waals surface area contributed by atoms with Crippen LogP contribution in [-0.4, -0.2) is 42.5 Å². The van der Waals surface area contributed by atoms with Crippen LogP contribution >= 0.6 is 0 Å². The second-order valence-corrected chi connectivity index (χ2v) is 14.5. The summed E-state index contributed by atoms with van der Waals surface area (Å²) in [6.45, 7) is 16.8. The maximum Gasteiger partial charge on any atom is 0.312 e. The molecular formula is C10H30O4Si4. The maximum atomic E-state index is 6.02. The van der Waals surface area contributed by atoms with Gasteiger partial charge in [0.1, 0.15) is 9.76 Å². The molecule has 4 nitrogen and oxygen atoms in total. The highest BCUT2D eigenvalue weighted by molar-refractivity contribution is 6.76. The molecule has 0 spiro atoms. The summed E-state index contributed by atoms with van der Waals surface area (Å²) in [4.78, 5) is 0. The van der Waals surface area contributed by atoms with E-state index in [0.717, 1.165) is 6.42 Å². The monoisotopic (exact) mass is 326 g/mol. The Morgan fingerprint density at radius 3 is 2.17 bits per heavy atom. The van der Waals surface area contributed by atoms with E-state index in [9.17, 15) is 0 Å². The molecule has 0 aromatic rings. The first-order valence-corrected chi connectivity index (χ1v) is 15.8. The van der Waals surface area contributed by atoms with Crippen LogP contribution in [0.15, 0.2) is 0 Å². The van der Waals surface area contributed by atoms with Crippen molar-refractivity contribution in [3.63, 3.8) is 0 Å². The van der Waals surface area contributed by atoms with Gasteiger partial charge < -0.3 is 16.8 Å². The molecule has 0 bridgehead atoms. The molecule has 2 atom stereocenters. The van der Waals surface area contributed by atoms with Gasteiger partial charge in [-0.25, -0.2) is 0 Å². The Morgan fingerprint density at radius 1 is 1.17 bits per heavy atom. The molecule has 0 aliphatic carbocycles. The van der Waals surface area contributed by atoms with Gasteiger partial charge in [-0.15, -0.1) is 0 Å². The van der Waals surface area contributed by atoms with Gasteiger partial charge in [0, 0.05) is 0 Å². The SMILES string of the molecule is CCC(C)(C)O[SiH](C)O[SiH](C)O[Si](C)(C)O[SiH2]C. The summed E-state index contributed by atoms with van der Waals surface area (Å²) in [6.07, 6.45) is 0.995. The normalized spacial score (nSPS) is 17.3. The van der Waals surface area contributed by atoms with Crippen molar-refractivity contribution in [2.45, 2.75) is 65.5 Å². The second kappa shape index (κ2) is 8.10. The van der Waals surface area contributed by atoms with Gasteiger partial charge in [0.15, 0.2) is 0 Å². The second-order valence-electron chi connectivity index (χ2n) is 5.45. The summed E-state index contributed by atoms with van der Waals surface area (Å²) >= 11 is 0. The van der Waals surface area contributed by atoms with E-state index in [2.05, 4.69) is 53.5 Å². The molecule has 0 saturated carbocycles. The van der Waals surface area contributed by atoms with Crippen LogP contribution in [0.1, 0.15) is 27.2 Å². The standard InChI is InChI=1S/C10H30O4Si4/c1-9-10(2,3)11-16(5)13-17(6)14-18(7,8)12-15-4/h16-17H,9,15H2,1-8H3. The van der Waals surface area contributed by atoms with Gasteiger partial charge in [0.2, 0.25) is 0 Å². The molecule has 8 heteroatoms. The van der Waals surface area contributed by atoms with Gasteiger partial charge in [-0.1, -0.05) is 13.5 Å². The Morgan fingerprint density at radius 2 is 1.72 bits per heavy atom. The molecule has 0 rings (SSSR count). The molecule has 0 fully saturated rings. The average Bonchev–Trinajstić information content (AvgIpc) is 2.14. The van der Waals surface area contributed by atoms with Crippen LogP contribution in [-0.2, 0) is 16.8 Å². The molecule has 0 aliphatic heterocycles. The molecule has 0 saturated heterocycles. The van der Waals surface area contributed by atoms with Crippen molar-refractivity contribution in [1.82, 2.24) is 0 Å². The van der Waals surface area contributed by atoms with Crippen LogP contribution in [0.25, 0.3) is 0 Å². The van der Waals surface area contributed by atoms with Crippen LogP contribution in [0, 0.1) is 0 Å². The van der Waals surface area contributed by atoms with Gasteiger partial charge in [-0.3, -0.25) is 0 Å². The first kappa shape index (κ1) is 18.7. The van der Waals surface area contributed by atoms with Crippen molar-refractivity contribution in [2.24, 2.45) is 0 Å². The summed E-state index contributed by atoms with van der Waals surface area (Å²) in [5.74, 6) is 0. The quantitative estimate of drug-likeness (QED) is 0.605. The molecule has 0 radical (unpaired) electrons. The first-order valence-electron chi connectivity index (χ1n) is 6.77. The number of hydrogen-bond donors (Lipinski definition) is 0. The summed E-state index contributed by atoms with van der Waals surface area (Å²) in [5, 5.41) is 0. The molecule has 0 heterocycles. The molecule has 0 N–H and O–H groups in total. The molecule has 0 amide bonds. The van der Waals surface area contributed by atoms with E-state index in [0.29, 0.717) is 0 Å². The Balaban J connectivity index is 4.12. The highest BCUT2D eigenvalue weighted by Gasteiger charge is 2.29. The lowest BCUT2D eigenvalue weighted by atomic mass is 10.1. The van der Waals surface area contributed by atoms with Gasteiger partial charge in [0.05, 0.1) is 5.60 Å². The average molecular weight is 327 g/mol. The molecular weight excluding hydrogens is 296 g/mol. The lowest BCUT2D eigenvalue weighted by molar-refractivity contribution is 0.0815. The lowest BCUT2D eigenvalue weighted by Gasteiger charge is -2.31. The van der Waals surface area contributed by atoms with Gasteiger partial charge >= 0.3 is 17.8 Å². The summed E-state index contributed by atoms with van der Waals surface area (Å²) < 4.78 is 23.8. The van der Waals surface area contributed by atoms with Crippen molar-refractivity contribution in [3.8, 4) is 0 Å². The van der Waals surface area contributed by atoms with E-state index in [1.54, 1.807) is 0 Å². The van der Waals surface area contributed by atoms with Crippen LogP contribution < -0.4 is 0 Å². The topological polar surface area (TPSA) is 36.9 Å². The van der Waals surface area contributed by atoms with Crippen molar-refractivity contribution in [2.75, 3.05) is 0 Å². The molecule has 110 valence electrons. The molecule has 18 heavy (non-hydrogen) atoms. The fourth-order valence-electron chi connectivity index (χ4n) is 1.64.